The molecule has 134 valence electrons. The molecule has 0 atom stereocenters. The van der Waals surface area contributed by atoms with E-state index in [-0.39, 0.29) is 20.8 Å². The summed E-state index contributed by atoms with van der Waals surface area (Å²) in [6.07, 6.45) is 0. The van der Waals surface area contributed by atoms with Crippen molar-refractivity contribution in [2.45, 2.75) is 4.90 Å². The molecule has 0 unspecified atom stereocenters. The molecule has 0 radical (unpaired) electrons. The molecule has 0 bridgehead atoms. The molecule has 3 rings (SSSR count). The first-order chi connectivity index (χ1) is 12.3. The summed E-state index contributed by atoms with van der Waals surface area (Å²) >= 11 is 11.8. The van der Waals surface area contributed by atoms with Gasteiger partial charge in [-0.05, 0) is 53.2 Å². The highest BCUT2D eigenvalue weighted by atomic mass is 35.5. The highest BCUT2D eigenvalue weighted by Gasteiger charge is 2.16. The van der Waals surface area contributed by atoms with Gasteiger partial charge in [-0.15, -0.1) is 0 Å². The van der Waals surface area contributed by atoms with Crippen molar-refractivity contribution in [3.05, 3.63) is 70.2 Å². The minimum atomic E-state index is -3.84. The van der Waals surface area contributed by atoms with Crippen LogP contribution >= 0.6 is 23.2 Å². The topological polar surface area (TPSA) is 75.3 Å². The van der Waals surface area contributed by atoms with Crippen molar-refractivity contribution in [3.8, 4) is 0 Å². The number of hydrogen-bond acceptors (Lipinski definition) is 3. The molecule has 0 fully saturated rings. The van der Waals surface area contributed by atoms with E-state index >= 15 is 0 Å². The van der Waals surface area contributed by atoms with Gasteiger partial charge in [0.05, 0.1) is 4.90 Å². The van der Waals surface area contributed by atoms with Gasteiger partial charge in [-0.2, -0.15) is 0 Å². The predicted molar refractivity (Wildman–Crippen MR) is 105 cm³/mol. The Morgan fingerprint density at radius 3 is 2.15 bits per heavy atom. The number of amides is 1. The number of anilines is 1. The summed E-state index contributed by atoms with van der Waals surface area (Å²) < 4.78 is 27.6. The SMILES string of the molecule is CNC(=O)c1ccc2cc(NS(=O)(=O)c3cc(Cl)cc(Cl)c3)ccc2c1. The lowest BCUT2D eigenvalue weighted by molar-refractivity contribution is 0.0963. The van der Waals surface area contributed by atoms with Crippen molar-refractivity contribution in [3.63, 3.8) is 0 Å². The Balaban J connectivity index is 1.94. The predicted octanol–water partition coefficient (Wildman–Crippen LogP) is 4.31. The summed E-state index contributed by atoms with van der Waals surface area (Å²) in [5.41, 5.74) is 0.920. The van der Waals surface area contributed by atoms with Crippen LogP contribution in [-0.2, 0) is 10.0 Å². The molecular weight excluding hydrogens is 395 g/mol. The normalized spacial score (nSPS) is 11.3. The second kappa shape index (κ2) is 7.15. The van der Waals surface area contributed by atoms with Gasteiger partial charge in [0.2, 0.25) is 0 Å². The van der Waals surface area contributed by atoms with Crippen LogP contribution in [0.4, 0.5) is 5.69 Å². The van der Waals surface area contributed by atoms with Gasteiger partial charge >= 0.3 is 0 Å². The van der Waals surface area contributed by atoms with Crippen LogP contribution in [0, 0.1) is 0 Å². The van der Waals surface area contributed by atoms with E-state index in [9.17, 15) is 13.2 Å². The van der Waals surface area contributed by atoms with Gasteiger partial charge in [-0.3, -0.25) is 9.52 Å². The molecule has 3 aromatic carbocycles. The zero-order valence-electron chi connectivity index (χ0n) is 13.6. The third-order valence-electron chi connectivity index (χ3n) is 3.73. The van der Waals surface area contributed by atoms with Gasteiger partial charge in [-0.1, -0.05) is 35.3 Å². The molecule has 2 N–H and O–H groups in total. The number of carbonyl (C=O) groups excluding carboxylic acids is 1. The molecule has 0 saturated carbocycles. The van der Waals surface area contributed by atoms with Crippen molar-refractivity contribution < 1.29 is 13.2 Å². The van der Waals surface area contributed by atoms with Crippen molar-refractivity contribution >= 4 is 55.6 Å². The zero-order valence-corrected chi connectivity index (χ0v) is 15.9. The molecule has 1 amide bonds. The lowest BCUT2D eigenvalue weighted by Gasteiger charge is -2.10. The first-order valence-electron chi connectivity index (χ1n) is 7.53. The van der Waals surface area contributed by atoms with Gasteiger partial charge < -0.3 is 5.32 Å². The first-order valence-corrected chi connectivity index (χ1v) is 9.77. The third-order valence-corrected chi connectivity index (χ3v) is 5.53. The highest BCUT2D eigenvalue weighted by Crippen LogP contribution is 2.26. The maximum absolute atomic E-state index is 12.5. The van der Waals surface area contributed by atoms with E-state index in [1.54, 1.807) is 43.4 Å². The van der Waals surface area contributed by atoms with Crippen molar-refractivity contribution in [1.82, 2.24) is 5.32 Å². The largest absolute Gasteiger partial charge is 0.355 e. The van der Waals surface area contributed by atoms with Gasteiger partial charge in [-0.25, -0.2) is 8.42 Å². The third kappa shape index (κ3) is 3.93. The molecular formula is C18H14Cl2N2O3S. The van der Waals surface area contributed by atoms with E-state index in [0.717, 1.165) is 10.8 Å². The molecule has 0 aromatic heterocycles. The monoisotopic (exact) mass is 408 g/mol. The summed E-state index contributed by atoms with van der Waals surface area (Å²) in [5.74, 6) is -0.186. The Bertz CT molecular complexity index is 1090. The molecule has 0 spiro atoms. The van der Waals surface area contributed by atoms with Crippen LogP contribution in [0.25, 0.3) is 10.8 Å². The fourth-order valence-corrected chi connectivity index (χ4v) is 4.27. The molecule has 3 aromatic rings. The molecule has 8 heteroatoms. The number of halogens is 2. The summed E-state index contributed by atoms with van der Waals surface area (Å²) in [6, 6.07) is 14.3. The van der Waals surface area contributed by atoms with E-state index in [1.807, 2.05) is 0 Å². The number of fused-ring (bicyclic) bond motifs is 1. The summed E-state index contributed by atoms with van der Waals surface area (Å²) in [7, 11) is -2.27. The van der Waals surface area contributed by atoms with Crippen molar-refractivity contribution in [2.24, 2.45) is 0 Å². The minimum Gasteiger partial charge on any atom is -0.355 e. The summed E-state index contributed by atoms with van der Waals surface area (Å²) in [5, 5.41) is 4.65. The van der Waals surface area contributed by atoms with Crippen molar-refractivity contribution in [2.75, 3.05) is 11.8 Å². The average molecular weight is 409 g/mol. The number of nitrogens with one attached hydrogen (secondary N) is 2. The van der Waals surface area contributed by atoms with E-state index in [2.05, 4.69) is 10.0 Å². The lowest BCUT2D eigenvalue weighted by Crippen LogP contribution is -2.17. The Kier molecular flexibility index (Phi) is 5.09. The van der Waals surface area contributed by atoms with Crippen LogP contribution in [-0.4, -0.2) is 21.4 Å². The summed E-state index contributed by atoms with van der Waals surface area (Å²) in [4.78, 5) is 11.7. The maximum Gasteiger partial charge on any atom is 0.261 e. The second-order valence-electron chi connectivity index (χ2n) is 5.57. The fourth-order valence-electron chi connectivity index (χ4n) is 2.49. The fraction of sp³-hybridized carbons (Fsp3) is 0.0556. The highest BCUT2D eigenvalue weighted by molar-refractivity contribution is 7.92. The first kappa shape index (κ1) is 18.5. The van der Waals surface area contributed by atoms with Crippen LogP contribution in [0.1, 0.15) is 10.4 Å². The Morgan fingerprint density at radius 1 is 0.885 bits per heavy atom. The van der Waals surface area contributed by atoms with E-state index < -0.39 is 10.0 Å². The number of carbonyl (C=O) groups is 1. The number of benzene rings is 3. The van der Waals surface area contributed by atoms with Crippen molar-refractivity contribution in [1.29, 1.82) is 0 Å². The van der Waals surface area contributed by atoms with Gasteiger partial charge in [0.15, 0.2) is 0 Å². The maximum atomic E-state index is 12.5. The minimum absolute atomic E-state index is 0.0231. The Labute approximate surface area is 161 Å². The molecule has 0 aliphatic carbocycles. The zero-order chi connectivity index (χ0) is 18.9. The number of hydrogen-bond donors (Lipinski definition) is 2. The molecule has 0 aliphatic heterocycles. The van der Waals surface area contributed by atoms with E-state index in [0.29, 0.717) is 11.3 Å². The van der Waals surface area contributed by atoms with E-state index in [1.165, 1.54) is 18.2 Å². The van der Waals surface area contributed by atoms with Crippen LogP contribution in [0.15, 0.2) is 59.5 Å². The Hall–Kier alpha value is -2.28. The van der Waals surface area contributed by atoms with E-state index in [4.69, 9.17) is 23.2 Å². The lowest BCUT2D eigenvalue weighted by atomic mass is 10.1. The van der Waals surface area contributed by atoms with Crippen LogP contribution in [0.3, 0.4) is 0 Å². The Morgan fingerprint density at radius 2 is 1.50 bits per heavy atom. The average Bonchev–Trinajstić information content (AvgIpc) is 2.59. The smallest absolute Gasteiger partial charge is 0.261 e. The number of sulfonamides is 1. The molecule has 0 aliphatic rings. The van der Waals surface area contributed by atoms with Crippen LogP contribution in [0.5, 0.6) is 0 Å². The van der Waals surface area contributed by atoms with Crippen LogP contribution < -0.4 is 10.0 Å². The standard InChI is InChI=1S/C18H14Cl2N2O3S/c1-21-18(23)13-3-2-12-7-16(5-4-11(12)6-13)22-26(24,25)17-9-14(19)8-15(20)10-17/h2-10,22H,1H3,(H,21,23). The van der Waals surface area contributed by atoms with Gasteiger partial charge in [0, 0.05) is 28.3 Å². The van der Waals surface area contributed by atoms with Gasteiger partial charge in [0.1, 0.15) is 0 Å². The van der Waals surface area contributed by atoms with Gasteiger partial charge in [0.25, 0.3) is 15.9 Å². The summed E-state index contributed by atoms with van der Waals surface area (Å²) in [6.45, 7) is 0. The second-order valence-corrected chi connectivity index (χ2v) is 8.12. The molecule has 26 heavy (non-hydrogen) atoms. The molecule has 0 heterocycles. The molecule has 0 saturated heterocycles. The number of rotatable bonds is 4. The quantitative estimate of drug-likeness (QED) is 0.675. The van der Waals surface area contributed by atoms with Crippen LogP contribution in [0.2, 0.25) is 10.0 Å². The molecule has 5 nitrogen and oxygen atoms in total.